The molecule has 0 atom stereocenters. The molecule has 0 spiro atoms. The molecule has 0 heterocycles. The summed E-state index contributed by atoms with van der Waals surface area (Å²) in [5.74, 6) is 1.01. The van der Waals surface area contributed by atoms with E-state index in [4.69, 9.17) is 9.47 Å². The number of methoxy groups -OCH3 is 2. The lowest BCUT2D eigenvalue weighted by atomic mass is 9.96. The molecule has 2 aromatic rings. The minimum Gasteiger partial charge on any atom is -0.493 e. The summed E-state index contributed by atoms with van der Waals surface area (Å²) in [6, 6.07) is 9.00. The van der Waals surface area contributed by atoms with Gasteiger partial charge in [0.25, 0.3) is 0 Å². The molecule has 136 valence electrons. The van der Waals surface area contributed by atoms with Gasteiger partial charge in [-0.15, -0.1) is 0 Å². The Bertz CT molecular complexity index is 729. The maximum absolute atomic E-state index is 13.2. The van der Waals surface area contributed by atoms with E-state index in [0.29, 0.717) is 29.2 Å². The molecule has 0 fully saturated rings. The van der Waals surface area contributed by atoms with Crippen LogP contribution in [-0.2, 0) is 12.7 Å². The summed E-state index contributed by atoms with van der Waals surface area (Å²) >= 11 is 0. The Morgan fingerprint density at radius 2 is 1.64 bits per heavy atom. The van der Waals surface area contributed by atoms with Crippen LogP contribution in [0.5, 0.6) is 11.5 Å². The van der Waals surface area contributed by atoms with Gasteiger partial charge in [-0.1, -0.05) is 19.1 Å². The van der Waals surface area contributed by atoms with E-state index in [2.05, 4.69) is 0 Å². The number of hydrogen-bond acceptors (Lipinski definition) is 3. The molecule has 0 unspecified atom stereocenters. The Hall–Kier alpha value is -2.21. The smallest absolute Gasteiger partial charge is 0.416 e. The first-order valence-corrected chi connectivity index (χ1v) is 7.91. The van der Waals surface area contributed by atoms with Crippen LogP contribution < -0.4 is 9.47 Å². The average molecular weight is 353 g/mol. The van der Waals surface area contributed by atoms with Crippen molar-refractivity contribution in [1.29, 1.82) is 0 Å². The van der Waals surface area contributed by atoms with Gasteiger partial charge in [-0.2, -0.15) is 13.2 Å². The summed E-state index contributed by atoms with van der Waals surface area (Å²) in [7, 11) is 4.94. The third kappa shape index (κ3) is 4.45. The Labute approximate surface area is 146 Å². The van der Waals surface area contributed by atoms with Crippen LogP contribution >= 0.6 is 0 Å². The molecule has 6 heteroatoms. The molecule has 0 aliphatic rings. The zero-order valence-electron chi connectivity index (χ0n) is 14.8. The molecular formula is C19H22F3NO2. The zero-order chi connectivity index (χ0) is 18.6. The fraction of sp³-hybridized carbons (Fsp3) is 0.368. The van der Waals surface area contributed by atoms with Crippen molar-refractivity contribution < 1.29 is 22.6 Å². The second-order valence-corrected chi connectivity index (χ2v) is 5.77. The van der Waals surface area contributed by atoms with Crippen molar-refractivity contribution in [3.05, 3.63) is 47.5 Å². The average Bonchev–Trinajstić information content (AvgIpc) is 2.60. The number of alkyl halides is 3. The summed E-state index contributed by atoms with van der Waals surface area (Å²) in [5.41, 5.74) is 1.35. The van der Waals surface area contributed by atoms with E-state index >= 15 is 0 Å². The van der Waals surface area contributed by atoms with E-state index in [1.165, 1.54) is 20.3 Å². The monoisotopic (exact) mass is 353 g/mol. The van der Waals surface area contributed by atoms with Crippen LogP contribution in [0, 0.1) is 0 Å². The first kappa shape index (κ1) is 19.1. The van der Waals surface area contributed by atoms with Crippen LogP contribution in [0.25, 0.3) is 11.1 Å². The van der Waals surface area contributed by atoms with E-state index in [-0.39, 0.29) is 0 Å². The van der Waals surface area contributed by atoms with Crippen molar-refractivity contribution in [2.24, 2.45) is 0 Å². The Balaban J connectivity index is 2.59. The van der Waals surface area contributed by atoms with E-state index in [0.717, 1.165) is 18.2 Å². The molecule has 0 saturated carbocycles. The number of benzene rings is 2. The highest BCUT2D eigenvalue weighted by molar-refractivity contribution is 5.71. The third-order valence-electron chi connectivity index (χ3n) is 4.11. The summed E-state index contributed by atoms with van der Waals surface area (Å²) in [4.78, 5) is 2.03. The standard InChI is InChI=1S/C19H22F3NO2/c1-5-23(2)12-14-6-8-15(19(20,21)22)11-16(14)13-7-9-17(24-3)18(10-13)25-4/h6-11H,5,12H2,1-4H3. The lowest BCUT2D eigenvalue weighted by Gasteiger charge is -2.19. The minimum absolute atomic E-state index is 0.479. The lowest BCUT2D eigenvalue weighted by molar-refractivity contribution is -0.137. The van der Waals surface area contributed by atoms with Crippen molar-refractivity contribution in [2.75, 3.05) is 27.8 Å². The maximum atomic E-state index is 13.2. The van der Waals surface area contributed by atoms with Crippen LogP contribution in [0.3, 0.4) is 0 Å². The van der Waals surface area contributed by atoms with E-state index in [1.807, 2.05) is 18.9 Å². The molecule has 3 nitrogen and oxygen atoms in total. The summed E-state index contributed by atoms with van der Waals surface area (Å²) < 4.78 is 49.9. The van der Waals surface area contributed by atoms with Crippen molar-refractivity contribution in [2.45, 2.75) is 19.6 Å². The Kier molecular flexibility index (Phi) is 5.95. The second-order valence-electron chi connectivity index (χ2n) is 5.77. The van der Waals surface area contributed by atoms with Crippen LogP contribution in [0.15, 0.2) is 36.4 Å². The fourth-order valence-corrected chi connectivity index (χ4v) is 2.57. The van der Waals surface area contributed by atoms with Crippen LogP contribution in [0.2, 0.25) is 0 Å². The first-order valence-electron chi connectivity index (χ1n) is 7.91. The SMILES string of the molecule is CCN(C)Cc1ccc(C(F)(F)F)cc1-c1ccc(OC)c(OC)c1. The third-order valence-corrected chi connectivity index (χ3v) is 4.11. The number of hydrogen-bond donors (Lipinski definition) is 0. The van der Waals surface area contributed by atoms with Gasteiger partial charge in [0, 0.05) is 6.54 Å². The number of ether oxygens (including phenoxy) is 2. The molecule has 2 aromatic carbocycles. The van der Waals surface area contributed by atoms with Crippen molar-refractivity contribution in [1.82, 2.24) is 4.90 Å². The van der Waals surface area contributed by atoms with Gasteiger partial charge in [0.05, 0.1) is 19.8 Å². The summed E-state index contributed by atoms with van der Waals surface area (Å²) in [5, 5.41) is 0. The molecule has 25 heavy (non-hydrogen) atoms. The van der Waals surface area contributed by atoms with Crippen molar-refractivity contribution in [3.8, 4) is 22.6 Å². The largest absolute Gasteiger partial charge is 0.493 e. The van der Waals surface area contributed by atoms with Crippen molar-refractivity contribution in [3.63, 3.8) is 0 Å². The molecule has 0 aliphatic carbocycles. The van der Waals surface area contributed by atoms with Gasteiger partial charge >= 0.3 is 6.18 Å². The molecular weight excluding hydrogens is 331 g/mol. The predicted molar refractivity (Wildman–Crippen MR) is 92.0 cm³/mol. The Morgan fingerprint density at radius 3 is 2.20 bits per heavy atom. The van der Waals surface area contributed by atoms with E-state index in [1.54, 1.807) is 24.3 Å². The normalized spacial score (nSPS) is 11.7. The molecule has 0 amide bonds. The van der Waals surface area contributed by atoms with E-state index in [9.17, 15) is 13.2 Å². The van der Waals surface area contributed by atoms with Gasteiger partial charge in [-0.25, -0.2) is 0 Å². The highest BCUT2D eigenvalue weighted by atomic mass is 19.4. The van der Waals surface area contributed by atoms with Gasteiger partial charge < -0.3 is 14.4 Å². The van der Waals surface area contributed by atoms with Crippen LogP contribution in [0.4, 0.5) is 13.2 Å². The summed E-state index contributed by atoms with van der Waals surface area (Å²) in [6.45, 7) is 3.35. The topological polar surface area (TPSA) is 21.7 Å². The van der Waals surface area contributed by atoms with Crippen LogP contribution in [0.1, 0.15) is 18.1 Å². The van der Waals surface area contributed by atoms with Gasteiger partial charge in [0.15, 0.2) is 11.5 Å². The zero-order valence-corrected chi connectivity index (χ0v) is 14.8. The molecule has 0 saturated heterocycles. The molecule has 2 rings (SSSR count). The lowest BCUT2D eigenvalue weighted by Crippen LogP contribution is -2.17. The van der Waals surface area contributed by atoms with E-state index < -0.39 is 11.7 Å². The number of halogens is 3. The van der Waals surface area contributed by atoms with Gasteiger partial charge in [0.1, 0.15) is 0 Å². The quantitative estimate of drug-likeness (QED) is 0.742. The van der Waals surface area contributed by atoms with Crippen LogP contribution in [-0.4, -0.2) is 32.7 Å². The number of nitrogens with zero attached hydrogens (tertiary/aromatic N) is 1. The molecule has 0 bridgehead atoms. The first-order chi connectivity index (χ1) is 11.8. The molecule has 0 radical (unpaired) electrons. The highest BCUT2D eigenvalue weighted by Gasteiger charge is 2.31. The highest BCUT2D eigenvalue weighted by Crippen LogP contribution is 2.37. The Morgan fingerprint density at radius 1 is 0.960 bits per heavy atom. The van der Waals surface area contributed by atoms with Crippen molar-refractivity contribution >= 4 is 0 Å². The molecule has 0 aliphatic heterocycles. The minimum atomic E-state index is -4.39. The molecule has 0 aromatic heterocycles. The second kappa shape index (κ2) is 7.78. The van der Waals surface area contributed by atoms with Gasteiger partial charge in [-0.05, 0) is 54.5 Å². The predicted octanol–water partition coefficient (Wildman–Crippen LogP) is 4.84. The summed E-state index contributed by atoms with van der Waals surface area (Å²) in [6.07, 6.45) is -4.39. The maximum Gasteiger partial charge on any atom is 0.416 e. The van der Waals surface area contributed by atoms with Gasteiger partial charge in [-0.3, -0.25) is 0 Å². The van der Waals surface area contributed by atoms with Gasteiger partial charge in [0.2, 0.25) is 0 Å². The number of rotatable bonds is 6. The molecule has 0 N–H and O–H groups in total. The fourth-order valence-electron chi connectivity index (χ4n) is 2.57.